The first-order valence-corrected chi connectivity index (χ1v) is 31.4. The van der Waals surface area contributed by atoms with Crippen LogP contribution in [0.2, 0.25) is 0 Å². The zero-order valence-electron chi connectivity index (χ0n) is 52.3. The summed E-state index contributed by atoms with van der Waals surface area (Å²) in [6, 6.07) is 54.2. The number of Topliss-reactive ketones (excluding diaryl/α,β-unsaturated/α-hetero) is 1. The van der Waals surface area contributed by atoms with Crippen molar-refractivity contribution in [1.82, 2.24) is 30.3 Å². The molecule has 2 aromatic heterocycles. The Morgan fingerprint density at radius 2 is 0.988 bits per heavy atom. The third kappa shape index (κ3) is 25.0. The molecule has 0 aliphatic heterocycles. The normalized spacial score (nSPS) is 12.1. The first-order valence-electron chi connectivity index (χ1n) is 29.9. The number of nitrogen functional groups attached to an aromatic ring is 2. The number of carbonyl (C=O) groups is 1. The lowest BCUT2D eigenvalue weighted by Gasteiger charge is -2.14. The summed E-state index contributed by atoms with van der Waals surface area (Å²) in [4.78, 5) is 16.2. The SMILES string of the molecule is CCC(C)CN.CCC(C)CNC.CCC(C)n1c2ccccc2c2ccccc21.CCCCCC(NC)C(C)=O.CCCCNC.NNS(=O)(=O)c1ccccc1.Nc1cccc2c(N)cccc12.c1ccc2c(c1)[nH]c1ccccc12. The van der Waals surface area contributed by atoms with Crippen LogP contribution in [-0.4, -0.2) is 70.6 Å². The van der Waals surface area contributed by atoms with E-state index < -0.39 is 10.0 Å². The number of hydrogen-bond donors (Lipinski definition) is 9. The summed E-state index contributed by atoms with van der Waals surface area (Å²) >= 11 is 0. The topological polar surface area (TPSA) is 224 Å². The smallest absolute Gasteiger partial charge is 0.253 e. The fraction of sp³-hybridized carbons (Fsp3) is 0.406. The molecule has 0 aliphatic rings. The Morgan fingerprint density at radius 3 is 1.35 bits per heavy atom. The van der Waals surface area contributed by atoms with Crippen molar-refractivity contribution in [3.05, 3.63) is 164 Å². The summed E-state index contributed by atoms with van der Waals surface area (Å²) in [5.74, 6) is 6.60. The van der Waals surface area contributed by atoms with Gasteiger partial charge in [0, 0.05) is 71.8 Å². The molecule has 4 atom stereocenters. The molecule has 14 heteroatoms. The minimum Gasteiger partial charge on any atom is -0.398 e. The summed E-state index contributed by atoms with van der Waals surface area (Å²) < 4.78 is 24.4. The van der Waals surface area contributed by atoms with E-state index in [0.717, 1.165) is 67.0 Å². The van der Waals surface area contributed by atoms with Crippen molar-refractivity contribution in [2.45, 2.75) is 137 Å². The van der Waals surface area contributed by atoms with Gasteiger partial charge < -0.3 is 42.7 Å². The second-order valence-corrected chi connectivity index (χ2v) is 22.5. The number of hydrogen-bond acceptors (Lipinski definition) is 10. The number of likely N-dealkylation sites (N-methyl/N-ethyl adjacent to an activating group) is 1. The molecule has 454 valence electrons. The van der Waals surface area contributed by atoms with Crippen molar-refractivity contribution in [2.24, 2.45) is 23.4 Å². The van der Waals surface area contributed by atoms with Crippen LogP contribution in [0.25, 0.3) is 54.4 Å². The lowest BCUT2D eigenvalue weighted by Crippen LogP contribution is -2.31. The van der Waals surface area contributed by atoms with Crippen LogP contribution in [0.4, 0.5) is 11.4 Å². The van der Waals surface area contributed by atoms with Crippen LogP contribution >= 0.6 is 0 Å². The molecule has 0 amide bonds. The van der Waals surface area contributed by atoms with E-state index >= 15 is 0 Å². The van der Waals surface area contributed by atoms with E-state index in [1.807, 2.05) is 57.5 Å². The number of para-hydroxylation sites is 4. The van der Waals surface area contributed by atoms with Gasteiger partial charge in [0.1, 0.15) is 5.78 Å². The maximum absolute atomic E-state index is 11.0. The number of aromatic nitrogens is 2. The van der Waals surface area contributed by atoms with Gasteiger partial charge in [-0.25, -0.2) is 8.42 Å². The molecule has 0 bridgehead atoms. The van der Waals surface area contributed by atoms with Gasteiger partial charge >= 0.3 is 0 Å². The third-order valence-electron chi connectivity index (χ3n) is 14.3. The number of nitrogens with one attached hydrogen (secondary N) is 5. The molecular formula is C69H104N10O3S. The van der Waals surface area contributed by atoms with E-state index in [1.165, 1.54) is 94.3 Å². The molecule has 7 aromatic carbocycles. The van der Waals surface area contributed by atoms with Gasteiger partial charge in [0.15, 0.2) is 0 Å². The number of H-pyrrole nitrogens is 1. The maximum Gasteiger partial charge on any atom is 0.253 e. The predicted molar refractivity (Wildman–Crippen MR) is 362 cm³/mol. The van der Waals surface area contributed by atoms with Crippen LogP contribution in [0, 0.1) is 11.8 Å². The number of nitrogens with two attached hydrogens (primary N) is 4. The van der Waals surface area contributed by atoms with E-state index in [0.29, 0.717) is 12.0 Å². The Labute approximate surface area is 499 Å². The fourth-order valence-electron chi connectivity index (χ4n) is 8.60. The summed E-state index contributed by atoms with van der Waals surface area (Å²) in [5.41, 5.74) is 23.5. The van der Waals surface area contributed by atoms with Gasteiger partial charge in [-0.15, -0.1) is 0 Å². The molecule has 0 saturated heterocycles. The van der Waals surface area contributed by atoms with Crippen molar-refractivity contribution in [3.63, 3.8) is 0 Å². The molecule has 13 N–H and O–H groups in total. The van der Waals surface area contributed by atoms with Gasteiger partial charge in [-0.2, -0.15) is 4.83 Å². The monoisotopic (exact) mass is 1150 g/mol. The molecule has 83 heavy (non-hydrogen) atoms. The molecule has 4 unspecified atom stereocenters. The van der Waals surface area contributed by atoms with Gasteiger partial charge in [0.05, 0.1) is 10.9 Å². The van der Waals surface area contributed by atoms with Crippen LogP contribution < -0.4 is 43.8 Å². The number of aromatic amines is 1. The second-order valence-electron chi connectivity index (χ2n) is 20.8. The van der Waals surface area contributed by atoms with Gasteiger partial charge in [-0.3, -0.25) is 10.6 Å². The zero-order valence-corrected chi connectivity index (χ0v) is 53.1. The molecule has 0 fully saturated rings. The average Bonchev–Trinajstić information content (AvgIpc) is 4.04. The number of hydrazine groups is 1. The number of fused-ring (bicyclic) bond motifs is 7. The third-order valence-corrected chi connectivity index (χ3v) is 15.5. The largest absolute Gasteiger partial charge is 0.398 e. The number of sulfonamides is 1. The lowest BCUT2D eigenvalue weighted by atomic mass is 10.1. The molecule has 0 radical (unpaired) electrons. The van der Waals surface area contributed by atoms with Crippen LogP contribution in [0.1, 0.15) is 126 Å². The number of ketones is 1. The van der Waals surface area contributed by atoms with Crippen LogP contribution in [0.3, 0.4) is 0 Å². The van der Waals surface area contributed by atoms with E-state index in [2.05, 4.69) is 178 Å². The molecule has 0 spiro atoms. The van der Waals surface area contributed by atoms with Crippen molar-refractivity contribution in [1.29, 1.82) is 0 Å². The number of benzene rings is 7. The molecule has 9 rings (SSSR count). The summed E-state index contributed by atoms with van der Waals surface area (Å²) in [7, 11) is 2.35. The Bertz CT molecular complexity index is 3120. The van der Waals surface area contributed by atoms with Gasteiger partial charge in [0.2, 0.25) is 0 Å². The Balaban J connectivity index is 0.000000332. The second kappa shape index (κ2) is 41.4. The van der Waals surface area contributed by atoms with Crippen LogP contribution in [0.5, 0.6) is 0 Å². The zero-order chi connectivity index (χ0) is 61.6. The first kappa shape index (κ1) is 72.5. The van der Waals surface area contributed by atoms with Gasteiger partial charge in [0.25, 0.3) is 10.0 Å². The molecular weight excluding hydrogens is 1050 g/mol. The highest BCUT2D eigenvalue weighted by atomic mass is 32.2. The Morgan fingerprint density at radius 1 is 0.542 bits per heavy atom. The summed E-state index contributed by atoms with van der Waals surface area (Å²) in [5, 5.41) is 16.6. The minimum absolute atomic E-state index is 0.0848. The van der Waals surface area contributed by atoms with E-state index in [9.17, 15) is 13.2 Å². The number of unbranched alkanes of at least 4 members (excludes halogenated alkanes) is 3. The summed E-state index contributed by atoms with van der Waals surface area (Å²) in [6.45, 7) is 22.4. The highest BCUT2D eigenvalue weighted by molar-refractivity contribution is 7.89. The van der Waals surface area contributed by atoms with Gasteiger partial charge in [-0.1, -0.05) is 202 Å². The fourth-order valence-corrected chi connectivity index (χ4v) is 9.25. The first-order chi connectivity index (χ1) is 40.0. The standard InChI is InChI=1S/C16H17N.C12H9N.C10H10N2.C9H19NO.C6H8N2O2S.C6H15N.2C5H13N/c1-3-12(2)17-15-10-6-4-8-13(15)14-9-5-7-11-16(14)17;1-3-7-11-9(5-1)10-6-2-4-8-12(10)13-11;11-9-5-1-3-7-8(9)4-2-6-10(7)12;1-4-5-6-7-9(10-3)8(2)11;7-8-11(9,10)6-4-2-1-3-5-6;1-4-6(2)5-7-3;1-3-5(2)4-6;1-3-4-5-6-2/h4-12H,3H2,1-2H3;1-8,13H;1-6H,11-12H2;9-10H,4-7H2,1-3H3;1-5,8H,7H2;6-7H,4-5H2,1-3H3;5H,3-4,6H2,1-2H3;6H,3-5H2,1-2H3. The average molecular weight is 1150 g/mol. The molecule has 0 aliphatic carbocycles. The summed E-state index contributed by atoms with van der Waals surface area (Å²) in [6.07, 6.45) is 10.8. The van der Waals surface area contributed by atoms with Gasteiger partial charge in [-0.05, 0) is 134 Å². The van der Waals surface area contributed by atoms with E-state index in [-0.39, 0.29) is 16.7 Å². The Hall–Kier alpha value is -6.62. The van der Waals surface area contributed by atoms with Crippen molar-refractivity contribution < 1.29 is 13.2 Å². The van der Waals surface area contributed by atoms with Crippen molar-refractivity contribution in [2.75, 3.05) is 52.2 Å². The minimum atomic E-state index is -3.47. The van der Waals surface area contributed by atoms with E-state index in [1.54, 1.807) is 30.0 Å². The number of nitrogens with zero attached hydrogens (tertiary/aromatic N) is 1. The Kier molecular flexibility index (Phi) is 36.1. The molecule has 2 heterocycles. The van der Waals surface area contributed by atoms with E-state index in [4.69, 9.17) is 23.0 Å². The number of carbonyl (C=O) groups excluding carboxylic acids is 1. The number of anilines is 2. The quantitative estimate of drug-likeness (QED) is 0.0171. The lowest BCUT2D eigenvalue weighted by molar-refractivity contribution is -0.119. The van der Waals surface area contributed by atoms with Crippen LogP contribution in [0.15, 0.2) is 169 Å². The predicted octanol–water partition coefficient (Wildman–Crippen LogP) is 14.9. The highest BCUT2D eigenvalue weighted by Gasteiger charge is 2.13. The van der Waals surface area contributed by atoms with Crippen molar-refractivity contribution in [3.8, 4) is 0 Å². The van der Waals surface area contributed by atoms with Crippen LogP contribution in [-0.2, 0) is 14.8 Å². The molecule has 9 aromatic rings. The maximum atomic E-state index is 11.0. The van der Waals surface area contributed by atoms with Crippen molar-refractivity contribution >= 4 is 81.6 Å². The molecule has 13 nitrogen and oxygen atoms in total. The number of rotatable bonds is 18. The highest BCUT2D eigenvalue weighted by Crippen LogP contribution is 2.32. The molecule has 0 saturated carbocycles.